The smallest absolute Gasteiger partial charge is 0.268 e. The van der Waals surface area contributed by atoms with Crippen molar-refractivity contribution in [2.45, 2.75) is 138 Å². The maximum atomic E-state index is 9.51. The Morgan fingerprint density at radius 2 is 1.00 bits per heavy atom. The maximum absolute atomic E-state index is 9.51. The summed E-state index contributed by atoms with van der Waals surface area (Å²) in [4.78, 5) is 4.78. The molecule has 0 fully saturated rings. The van der Waals surface area contributed by atoms with Crippen molar-refractivity contribution in [3.63, 3.8) is 0 Å². The Balaban J connectivity index is 0.0000105. The molecule has 6 heteroatoms. The van der Waals surface area contributed by atoms with Gasteiger partial charge in [-0.3, -0.25) is 4.57 Å². The molecule has 13 aromatic rings. The Bertz CT molecular complexity index is 5610. The van der Waals surface area contributed by atoms with Gasteiger partial charge in [-0.25, -0.2) is 4.98 Å². The van der Waals surface area contributed by atoms with Crippen molar-refractivity contribution in [1.82, 2.24) is 14.1 Å². The summed E-state index contributed by atoms with van der Waals surface area (Å²) in [5, 5.41) is 1.57. The van der Waals surface area contributed by atoms with E-state index in [1.54, 1.807) is 10.6 Å². The number of ether oxygens (including phenoxy) is 1. The minimum absolute atomic E-state index is 0. The molecule has 5 nitrogen and oxygen atoms in total. The van der Waals surface area contributed by atoms with Crippen LogP contribution in [0.1, 0.15) is 155 Å². The molecule has 0 amide bonds. The van der Waals surface area contributed by atoms with Crippen molar-refractivity contribution in [2.75, 3.05) is 0 Å². The predicted molar refractivity (Wildman–Crippen MR) is 385 cm³/mol. The van der Waals surface area contributed by atoms with Crippen molar-refractivity contribution >= 4 is 32.8 Å². The number of imidazole rings is 1. The number of aromatic nitrogens is 4. The van der Waals surface area contributed by atoms with Gasteiger partial charge in [-0.15, -0.1) is 29.7 Å². The van der Waals surface area contributed by atoms with Crippen LogP contribution in [0.5, 0.6) is 11.5 Å². The number of aryl methyl sites for hydroxylation is 1. The van der Waals surface area contributed by atoms with E-state index in [0.29, 0.717) is 28.0 Å². The number of nitrogens with zero attached hydrogens (tertiary/aromatic N) is 4. The third kappa shape index (κ3) is 12.7. The fourth-order valence-corrected chi connectivity index (χ4v) is 12.0. The summed E-state index contributed by atoms with van der Waals surface area (Å²) in [6.45, 7) is 30.3. The second-order valence-corrected chi connectivity index (χ2v) is 29.4. The third-order valence-corrected chi connectivity index (χ3v) is 17.5. The zero-order chi connectivity index (χ0) is 76.0. The summed E-state index contributed by atoms with van der Waals surface area (Å²) in [7, 11) is 0. The van der Waals surface area contributed by atoms with Gasteiger partial charge in [0, 0.05) is 54.0 Å². The summed E-state index contributed by atoms with van der Waals surface area (Å²) in [5.41, 5.74) is 13.2. The van der Waals surface area contributed by atoms with Crippen molar-refractivity contribution in [3.05, 3.63) is 270 Å². The van der Waals surface area contributed by atoms with E-state index in [-0.39, 0.29) is 94.0 Å². The van der Waals surface area contributed by atoms with Crippen LogP contribution in [0, 0.1) is 25.3 Å². The van der Waals surface area contributed by atoms with E-state index in [9.17, 15) is 2.74 Å². The average Bonchev–Trinajstić information content (AvgIpc) is 1.44. The standard InChI is InChI=1S/C87H84N4O.Pt/c1-56-41-81(88-54-76(56)58-29-21-18-22-30-58)91-77-36-24-23-35-72(77)73-39-38-71(53-79(73)91)92-70-34-26-33-69(52-70)89-55-90(78-40-37-59(49-80(78)89)61-43-65(84(5,6)7)50-66(44-61)85(8,9)10)82-74(60-31-25-32-64(42-60)83(2,3)4)47-62(57-27-19-17-20-28-57)48-75(82)63-45-67(86(11,12)13)51-68(46-63)87(14,15)16;/h17-51,54H,1-16H3;/q-2;/i1D3,17D,18D,19D,20D,21D,22D,27D,28D,29D,30D;. The molecule has 0 bridgehead atoms. The molecule has 0 saturated carbocycles. The minimum atomic E-state index is -2.82. The first-order chi connectivity index (χ1) is 49.0. The van der Waals surface area contributed by atoms with E-state index in [2.05, 4.69) is 200 Å². The van der Waals surface area contributed by atoms with Crippen LogP contribution in [-0.2, 0) is 48.1 Å². The summed E-state index contributed by atoms with van der Waals surface area (Å²) in [6, 6.07) is 53.0. The van der Waals surface area contributed by atoms with Crippen LogP contribution >= 0.6 is 0 Å². The zero-order valence-electron chi connectivity index (χ0n) is 68.5. The number of fused-ring (bicyclic) bond motifs is 4. The molecule has 0 unspecified atom stereocenters. The SMILES string of the molecule is [2H]c1c([2H])c([2H])c(-c2cc(-c3cccc(C(C)(C)C)c3)c(-[n+]3[c-]n(-c4[c-]c(Oc5[c-]c6c(cc5)c5ccccc5n6-c5cc(C([2H])([2H])[2H])c(-c6c([2H])c([2H])c([2H])c([2H])c6[2H])cn5)ccc4)c4cc(-c5cc(C(C)(C)C)cc(C(C)(C)C)c5)ccc43)c(-c3cc(C(C)(C)C)cc(C(C)(C)C)c3)c2)c([2H])c1[2H].[Pt]. The largest absolute Gasteiger partial charge is 0.510 e. The number of pyridine rings is 1. The van der Waals surface area contributed by atoms with Gasteiger partial charge >= 0.3 is 0 Å². The molecule has 0 aliphatic carbocycles. The summed E-state index contributed by atoms with van der Waals surface area (Å²) in [5.74, 6) is 0.789. The monoisotopic (exact) mass is 1410 g/mol. The first kappa shape index (κ1) is 49.7. The molecule has 0 aliphatic heterocycles. The fraction of sp³-hybridized carbons (Fsp3) is 0.241. The van der Waals surface area contributed by atoms with Crippen LogP contribution in [0.2, 0.25) is 0 Å². The van der Waals surface area contributed by atoms with Gasteiger partial charge in [-0.1, -0.05) is 261 Å². The molecule has 470 valence electrons. The van der Waals surface area contributed by atoms with Crippen molar-refractivity contribution in [3.8, 4) is 84.3 Å². The van der Waals surface area contributed by atoms with Gasteiger partial charge in [0.2, 0.25) is 0 Å². The molecular weight excluding hydrogens is 1310 g/mol. The van der Waals surface area contributed by atoms with Crippen LogP contribution in [0.25, 0.3) is 106 Å². The van der Waals surface area contributed by atoms with E-state index >= 15 is 0 Å². The number of benzene rings is 10. The summed E-state index contributed by atoms with van der Waals surface area (Å²) < 4.78 is 127. The van der Waals surface area contributed by atoms with E-state index in [1.807, 2.05) is 71.3 Å². The molecule has 0 atom stereocenters. The molecule has 0 aliphatic rings. The Morgan fingerprint density at radius 1 is 0.441 bits per heavy atom. The second kappa shape index (κ2) is 24.2. The van der Waals surface area contributed by atoms with E-state index in [1.165, 1.54) is 23.4 Å². The van der Waals surface area contributed by atoms with Crippen LogP contribution < -0.4 is 9.30 Å². The summed E-state index contributed by atoms with van der Waals surface area (Å²) >= 11 is 0. The van der Waals surface area contributed by atoms with Crippen molar-refractivity contribution < 1.29 is 48.2 Å². The van der Waals surface area contributed by atoms with Gasteiger partial charge in [0.25, 0.3) is 6.33 Å². The van der Waals surface area contributed by atoms with E-state index in [0.717, 1.165) is 77.6 Å². The zero-order valence-corrected chi connectivity index (χ0v) is 57.8. The predicted octanol–water partition coefficient (Wildman–Crippen LogP) is 22.7. The number of hydrogen-bond donors (Lipinski definition) is 0. The fourth-order valence-electron chi connectivity index (χ4n) is 12.0. The normalized spacial score (nSPS) is 14.5. The topological polar surface area (TPSA) is 35.9 Å². The van der Waals surface area contributed by atoms with Crippen LogP contribution in [-0.4, -0.2) is 14.1 Å². The molecule has 0 spiro atoms. The van der Waals surface area contributed by atoms with Gasteiger partial charge in [-0.05, 0) is 159 Å². The number of rotatable bonds is 10. The Kier molecular flexibility index (Phi) is 12.9. The minimum Gasteiger partial charge on any atom is -0.510 e. The number of para-hydroxylation sites is 1. The Morgan fingerprint density at radius 3 is 1.62 bits per heavy atom. The van der Waals surface area contributed by atoms with Gasteiger partial charge in [0.05, 0.1) is 30.4 Å². The maximum Gasteiger partial charge on any atom is 0.268 e. The molecule has 3 aromatic heterocycles. The average molecular weight is 1410 g/mol. The molecule has 0 radical (unpaired) electrons. The van der Waals surface area contributed by atoms with Crippen LogP contribution in [0.4, 0.5) is 0 Å². The number of hydrogen-bond acceptors (Lipinski definition) is 2. The first-order valence-electron chi connectivity index (χ1n) is 37.9. The van der Waals surface area contributed by atoms with Crippen LogP contribution in [0.3, 0.4) is 0 Å². The first-order valence-corrected chi connectivity index (χ1v) is 31.4. The molecule has 10 aromatic carbocycles. The third-order valence-electron chi connectivity index (χ3n) is 17.5. The Hall–Kier alpha value is -8.89. The molecule has 0 saturated heterocycles. The van der Waals surface area contributed by atoms with Crippen LogP contribution in [0.15, 0.2) is 218 Å². The van der Waals surface area contributed by atoms with E-state index < -0.39 is 55.2 Å². The van der Waals surface area contributed by atoms with E-state index in [4.69, 9.17) is 24.8 Å². The molecular formula is C87H84N4OPt-2. The quantitative estimate of drug-likeness (QED) is 0.101. The molecule has 13 rings (SSSR count). The summed E-state index contributed by atoms with van der Waals surface area (Å²) in [6.07, 6.45) is 5.17. The van der Waals surface area contributed by atoms with Gasteiger partial charge in [0.15, 0.2) is 0 Å². The van der Waals surface area contributed by atoms with Gasteiger partial charge in [0.1, 0.15) is 5.82 Å². The molecule has 0 N–H and O–H groups in total. The molecule has 93 heavy (non-hydrogen) atoms. The Labute approximate surface area is 584 Å². The van der Waals surface area contributed by atoms with Crippen molar-refractivity contribution in [1.29, 1.82) is 0 Å². The van der Waals surface area contributed by atoms with Gasteiger partial charge in [-0.2, -0.15) is 18.2 Å². The van der Waals surface area contributed by atoms with Gasteiger partial charge < -0.3 is 13.9 Å². The van der Waals surface area contributed by atoms with Crippen molar-refractivity contribution in [2.24, 2.45) is 0 Å². The second-order valence-electron chi connectivity index (χ2n) is 29.4. The molecule has 3 heterocycles.